The highest BCUT2D eigenvalue weighted by atomic mass is 31.0. The summed E-state index contributed by atoms with van der Waals surface area (Å²) in [4.78, 5) is 0. The maximum Gasteiger partial charge on any atom is -0.0128 e. The second kappa shape index (κ2) is 7.31. The van der Waals surface area contributed by atoms with E-state index in [1.54, 1.807) is 0 Å². The van der Waals surface area contributed by atoms with Crippen LogP contribution in [0.15, 0.2) is 24.3 Å². The molecule has 68 valence electrons. The Kier molecular flexibility index (Phi) is 7.09. The lowest BCUT2D eigenvalue weighted by Gasteiger charge is -1.97. The number of benzene rings is 1. The molecule has 1 aromatic carbocycles. The monoisotopic (exact) mass is 182 g/mol. The van der Waals surface area contributed by atoms with E-state index < -0.39 is 0 Å². The first kappa shape index (κ1) is 11.6. The van der Waals surface area contributed by atoms with E-state index in [0.29, 0.717) is 0 Å². The number of rotatable bonds is 2. The van der Waals surface area contributed by atoms with Crippen molar-refractivity contribution in [2.75, 3.05) is 0 Å². The Labute approximate surface area is 78.6 Å². The van der Waals surface area contributed by atoms with E-state index in [0.717, 1.165) is 12.6 Å². The normalized spacial score (nSPS) is 8.67. The molecule has 0 saturated carbocycles. The van der Waals surface area contributed by atoms with Gasteiger partial charge in [-0.1, -0.05) is 45.0 Å². The fourth-order valence-corrected chi connectivity index (χ4v) is 1.18. The largest absolute Gasteiger partial charge is 0.133 e. The van der Waals surface area contributed by atoms with Gasteiger partial charge in [0.05, 0.1) is 0 Å². The molecule has 1 atom stereocenters. The Morgan fingerprint density at radius 3 is 1.75 bits per heavy atom. The van der Waals surface area contributed by atoms with Gasteiger partial charge in [-0.2, -0.15) is 0 Å². The lowest BCUT2D eigenvalue weighted by atomic mass is 10.1. The Hall–Kier alpha value is -0.350. The van der Waals surface area contributed by atoms with Gasteiger partial charge in [-0.25, -0.2) is 0 Å². The zero-order valence-electron chi connectivity index (χ0n) is 8.30. The topological polar surface area (TPSA) is 0 Å². The van der Waals surface area contributed by atoms with Crippen molar-refractivity contribution in [3.63, 3.8) is 0 Å². The van der Waals surface area contributed by atoms with E-state index in [1.165, 1.54) is 11.1 Å². The zero-order chi connectivity index (χ0) is 9.40. The first-order chi connectivity index (χ1) is 5.86. The molecule has 0 aliphatic carbocycles. The average molecular weight is 182 g/mol. The van der Waals surface area contributed by atoms with Gasteiger partial charge >= 0.3 is 0 Å². The molecular weight excluding hydrogens is 163 g/mol. The molecule has 0 spiro atoms. The standard InChI is InChI=1S/C9H13P.C2H6/c1-2-8-3-5-9(7-10)6-4-8;1-2/h3-6H,2,7,10H2,1H3;1-2H3. The Morgan fingerprint density at radius 1 is 1.00 bits per heavy atom. The van der Waals surface area contributed by atoms with Gasteiger partial charge in [0.15, 0.2) is 0 Å². The third kappa shape index (κ3) is 3.88. The highest BCUT2D eigenvalue weighted by molar-refractivity contribution is 7.15. The molecule has 0 heterocycles. The van der Waals surface area contributed by atoms with Gasteiger partial charge in [0.1, 0.15) is 0 Å². The van der Waals surface area contributed by atoms with Gasteiger partial charge in [0, 0.05) is 0 Å². The number of aryl methyl sites for hydroxylation is 1. The highest BCUT2D eigenvalue weighted by Crippen LogP contribution is 2.07. The highest BCUT2D eigenvalue weighted by Gasteiger charge is 1.88. The van der Waals surface area contributed by atoms with Gasteiger partial charge in [-0.05, 0) is 23.7 Å². The van der Waals surface area contributed by atoms with Gasteiger partial charge < -0.3 is 0 Å². The third-order valence-electron chi connectivity index (χ3n) is 1.67. The van der Waals surface area contributed by atoms with Gasteiger partial charge in [0.25, 0.3) is 0 Å². The SMILES string of the molecule is CC.CCc1ccc(CP)cc1. The minimum absolute atomic E-state index is 1.06. The molecule has 0 aliphatic heterocycles. The first-order valence-electron chi connectivity index (χ1n) is 4.64. The van der Waals surface area contributed by atoms with E-state index in [9.17, 15) is 0 Å². The van der Waals surface area contributed by atoms with E-state index >= 15 is 0 Å². The van der Waals surface area contributed by atoms with Crippen molar-refractivity contribution in [1.29, 1.82) is 0 Å². The zero-order valence-corrected chi connectivity index (χ0v) is 9.46. The van der Waals surface area contributed by atoms with Crippen LogP contribution in [0.1, 0.15) is 31.9 Å². The van der Waals surface area contributed by atoms with Gasteiger partial charge in [-0.15, -0.1) is 9.24 Å². The lowest BCUT2D eigenvalue weighted by Crippen LogP contribution is -1.80. The molecule has 0 fully saturated rings. The molecule has 12 heavy (non-hydrogen) atoms. The van der Waals surface area contributed by atoms with E-state index in [1.807, 2.05) is 13.8 Å². The van der Waals surface area contributed by atoms with Crippen LogP contribution in [0.5, 0.6) is 0 Å². The molecule has 0 radical (unpaired) electrons. The predicted octanol–water partition coefficient (Wildman–Crippen LogP) is 3.65. The fourth-order valence-electron chi connectivity index (χ4n) is 0.911. The maximum atomic E-state index is 2.72. The van der Waals surface area contributed by atoms with Crippen LogP contribution in [0.4, 0.5) is 0 Å². The van der Waals surface area contributed by atoms with Crippen molar-refractivity contribution in [3.8, 4) is 0 Å². The molecule has 0 nitrogen and oxygen atoms in total. The molecule has 0 aliphatic rings. The summed E-state index contributed by atoms with van der Waals surface area (Å²) in [5.41, 5.74) is 2.81. The second-order valence-corrected chi connectivity index (χ2v) is 2.78. The Morgan fingerprint density at radius 2 is 1.42 bits per heavy atom. The van der Waals surface area contributed by atoms with E-state index in [4.69, 9.17) is 0 Å². The van der Waals surface area contributed by atoms with Crippen LogP contribution < -0.4 is 0 Å². The quantitative estimate of drug-likeness (QED) is 0.612. The van der Waals surface area contributed by atoms with Crippen LogP contribution >= 0.6 is 9.24 Å². The molecule has 0 aromatic heterocycles. The van der Waals surface area contributed by atoms with E-state index in [2.05, 4.69) is 40.4 Å². The lowest BCUT2D eigenvalue weighted by molar-refractivity contribution is 1.13. The van der Waals surface area contributed by atoms with Gasteiger partial charge in [-0.3, -0.25) is 0 Å². The summed E-state index contributed by atoms with van der Waals surface area (Å²) in [5.74, 6) is 0. The molecule has 0 bridgehead atoms. The van der Waals surface area contributed by atoms with Crippen molar-refractivity contribution < 1.29 is 0 Å². The molecule has 0 N–H and O–H groups in total. The van der Waals surface area contributed by atoms with Gasteiger partial charge in [0.2, 0.25) is 0 Å². The minimum Gasteiger partial charge on any atom is -0.133 e. The van der Waals surface area contributed by atoms with Crippen LogP contribution in [0.25, 0.3) is 0 Å². The van der Waals surface area contributed by atoms with Crippen molar-refractivity contribution in [1.82, 2.24) is 0 Å². The van der Waals surface area contributed by atoms with E-state index in [-0.39, 0.29) is 0 Å². The fraction of sp³-hybridized carbons (Fsp3) is 0.455. The minimum atomic E-state index is 1.06. The Balaban J connectivity index is 0.000000561. The molecule has 1 unspecified atom stereocenters. The molecule has 1 aromatic rings. The number of hydrogen-bond acceptors (Lipinski definition) is 0. The summed E-state index contributed by atoms with van der Waals surface area (Å²) in [6, 6.07) is 8.76. The summed E-state index contributed by atoms with van der Waals surface area (Å²) >= 11 is 0. The van der Waals surface area contributed by atoms with Crippen LogP contribution in [0.2, 0.25) is 0 Å². The first-order valence-corrected chi connectivity index (χ1v) is 5.46. The molecule has 0 saturated heterocycles. The van der Waals surface area contributed by atoms with Crippen LogP contribution in [-0.4, -0.2) is 0 Å². The molecule has 1 heteroatoms. The predicted molar refractivity (Wildman–Crippen MR) is 60.6 cm³/mol. The van der Waals surface area contributed by atoms with Crippen molar-refractivity contribution in [3.05, 3.63) is 35.4 Å². The molecule has 0 amide bonds. The van der Waals surface area contributed by atoms with Crippen LogP contribution in [0, 0.1) is 0 Å². The van der Waals surface area contributed by atoms with Crippen molar-refractivity contribution in [2.45, 2.75) is 33.4 Å². The van der Waals surface area contributed by atoms with Crippen molar-refractivity contribution >= 4 is 9.24 Å². The van der Waals surface area contributed by atoms with Crippen LogP contribution in [-0.2, 0) is 12.6 Å². The number of hydrogen-bond donors (Lipinski definition) is 0. The average Bonchev–Trinajstić information content (AvgIpc) is 2.21. The molecule has 1 rings (SSSR count). The summed E-state index contributed by atoms with van der Waals surface area (Å²) in [7, 11) is 2.72. The second-order valence-electron chi connectivity index (χ2n) is 2.37. The maximum absolute atomic E-state index is 2.72. The smallest absolute Gasteiger partial charge is 0.0128 e. The molecular formula is C11H19P. The summed E-state index contributed by atoms with van der Waals surface area (Å²) in [6.45, 7) is 6.18. The summed E-state index contributed by atoms with van der Waals surface area (Å²) < 4.78 is 0. The summed E-state index contributed by atoms with van der Waals surface area (Å²) in [6.07, 6.45) is 2.20. The Bertz CT molecular complexity index is 166. The summed E-state index contributed by atoms with van der Waals surface area (Å²) in [5, 5.41) is 0. The van der Waals surface area contributed by atoms with Crippen molar-refractivity contribution in [2.24, 2.45) is 0 Å². The van der Waals surface area contributed by atoms with Crippen LogP contribution in [0.3, 0.4) is 0 Å². The third-order valence-corrected chi connectivity index (χ3v) is 2.14.